The molecule has 0 spiro atoms. The van der Waals surface area contributed by atoms with E-state index in [1.165, 1.54) is 0 Å². The molecule has 0 saturated heterocycles. The highest BCUT2D eigenvalue weighted by atomic mass is 32.2. The maximum absolute atomic E-state index is 13.5. The summed E-state index contributed by atoms with van der Waals surface area (Å²) in [7, 11) is -5.11. The molecule has 0 heterocycles. The summed E-state index contributed by atoms with van der Waals surface area (Å²) < 4.78 is 43.2. The minimum Gasteiger partial charge on any atom is -0.266 e. The second-order valence-electron chi connectivity index (χ2n) is 7.54. The molecule has 0 amide bonds. The van der Waals surface area contributed by atoms with Crippen LogP contribution in [0.5, 0.6) is 0 Å². The smallest absolute Gasteiger partial charge is 0.264 e. The van der Waals surface area contributed by atoms with Crippen molar-refractivity contribution in [3.8, 4) is 0 Å². The maximum Gasteiger partial charge on any atom is 0.264 e. The maximum atomic E-state index is 13.5. The molecular weight excluding hydrogens is 428 g/mol. The summed E-state index contributed by atoms with van der Waals surface area (Å²) in [4.78, 5) is 0.683. The van der Waals surface area contributed by atoms with Crippen LogP contribution in [0.4, 0.5) is 0 Å². The Morgan fingerprint density at radius 2 is 1.19 bits per heavy atom. The minimum absolute atomic E-state index is 0.457. The second kappa shape index (κ2) is 11.4. The number of aryl methyl sites for hydroxylation is 2. The van der Waals surface area contributed by atoms with Crippen LogP contribution < -0.4 is 0 Å². The highest BCUT2D eigenvalue weighted by molar-refractivity contribution is 7.86. The molecule has 3 aromatic carbocycles. The Morgan fingerprint density at radius 1 is 0.742 bits per heavy atom. The van der Waals surface area contributed by atoms with Crippen molar-refractivity contribution >= 4 is 20.9 Å². The van der Waals surface area contributed by atoms with Crippen LogP contribution in [0.1, 0.15) is 24.0 Å². The third kappa shape index (κ3) is 7.73. The summed E-state index contributed by atoms with van der Waals surface area (Å²) in [6.07, 6.45) is 2.74. The highest BCUT2D eigenvalue weighted by Crippen LogP contribution is 2.25. The van der Waals surface area contributed by atoms with Crippen molar-refractivity contribution in [3.05, 3.63) is 102 Å². The Hall–Kier alpha value is -2.28. The lowest BCUT2D eigenvalue weighted by Gasteiger charge is -2.26. The fraction of sp³-hybridized carbons (Fsp3) is 0.280. The Kier molecular flexibility index (Phi) is 8.58. The molecule has 0 N–H and O–H groups in total. The first-order valence-corrected chi connectivity index (χ1v) is 13.4. The van der Waals surface area contributed by atoms with Gasteiger partial charge in [-0.25, -0.2) is 0 Å². The molecule has 0 aliphatic rings. The Labute approximate surface area is 187 Å². The van der Waals surface area contributed by atoms with Gasteiger partial charge in [-0.1, -0.05) is 78.9 Å². The molecule has 0 aliphatic heterocycles. The van der Waals surface area contributed by atoms with Gasteiger partial charge >= 0.3 is 0 Å². The first-order chi connectivity index (χ1) is 14.9. The van der Waals surface area contributed by atoms with E-state index in [0.717, 1.165) is 17.4 Å². The largest absolute Gasteiger partial charge is 0.266 e. The zero-order valence-corrected chi connectivity index (χ0v) is 19.2. The molecule has 3 atom stereocenters. The number of rotatable bonds is 11. The zero-order valence-electron chi connectivity index (χ0n) is 17.6. The van der Waals surface area contributed by atoms with Gasteiger partial charge in [0.05, 0.1) is 28.4 Å². The van der Waals surface area contributed by atoms with E-state index in [1.807, 2.05) is 91.0 Å². The summed E-state index contributed by atoms with van der Waals surface area (Å²) >= 11 is 0. The number of hydrogen-bond acceptors (Lipinski definition) is 4. The summed E-state index contributed by atoms with van der Waals surface area (Å²) in [5.74, 6) is 0. The van der Waals surface area contributed by atoms with Crippen LogP contribution in [-0.2, 0) is 37.9 Å². The summed E-state index contributed by atoms with van der Waals surface area (Å²) in [5.41, 5.74) is 2.22. The van der Waals surface area contributed by atoms with Crippen LogP contribution in [0.15, 0.2) is 95.9 Å². The van der Waals surface area contributed by atoms with E-state index in [-0.39, 0.29) is 0 Å². The lowest BCUT2D eigenvalue weighted by molar-refractivity contribution is 0.192. The molecule has 0 radical (unpaired) electrons. The van der Waals surface area contributed by atoms with Gasteiger partial charge in [0.1, 0.15) is 0 Å². The molecule has 0 fully saturated rings. The van der Waals surface area contributed by atoms with E-state index in [0.29, 0.717) is 30.6 Å². The molecule has 4 nitrogen and oxygen atoms in total. The molecule has 6 heteroatoms. The second-order valence-corrected chi connectivity index (χ2v) is 10.8. The van der Waals surface area contributed by atoms with Crippen molar-refractivity contribution in [2.75, 3.05) is 6.26 Å². The molecule has 3 rings (SSSR count). The first kappa shape index (κ1) is 23.4. The van der Waals surface area contributed by atoms with Gasteiger partial charge in [0, 0.05) is 4.90 Å². The highest BCUT2D eigenvalue weighted by Gasteiger charge is 2.31. The lowest BCUT2D eigenvalue weighted by Crippen LogP contribution is -2.35. The topological polar surface area (TPSA) is 60.4 Å². The summed E-state index contributed by atoms with van der Waals surface area (Å²) in [6.45, 7) is 0. The molecule has 31 heavy (non-hydrogen) atoms. The summed E-state index contributed by atoms with van der Waals surface area (Å²) in [5, 5.41) is -0.457. The predicted molar refractivity (Wildman–Crippen MR) is 126 cm³/mol. The molecule has 0 bridgehead atoms. The van der Waals surface area contributed by atoms with Gasteiger partial charge in [0.2, 0.25) is 0 Å². The SMILES string of the molecule is CS(=O)(=O)OC(CCc1ccccc1)C(CCc1ccccc1)S(=O)c1ccccc1. The Morgan fingerprint density at radius 3 is 1.68 bits per heavy atom. The van der Waals surface area contributed by atoms with Crippen molar-refractivity contribution in [1.82, 2.24) is 0 Å². The lowest BCUT2D eigenvalue weighted by atomic mass is 10.0. The molecule has 3 aromatic rings. The van der Waals surface area contributed by atoms with Gasteiger partial charge in [0.15, 0.2) is 0 Å². The summed E-state index contributed by atoms with van der Waals surface area (Å²) in [6, 6.07) is 29.0. The van der Waals surface area contributed by atoms with Crippen LogP contribution in [0.3, 0.4) is 0 Å². The van der Waals surface area contributed by atoms with E-state index >= 15 is 0 Å². The molecule has 0 saturated carbocycles. The van der Waals surface area contributed by atoms with Gasteiger partial charge in [-0.15, -0.1) is 0 Å². The minimum atomic E-state index is -3.71. The van der Waals surface area contributed by atoms with Crippen molar-refractivity contribution in [1.29, 1.82) is 0 Å². The van der Waals surface area contributed by atoms with Gasteiger partial charge in [-0.2, -0.15) is 8.42 Å². The van der Waals surface area contributed by atoms with Crippen molar-refractivity contribution in [3.63, 3.8) is 0 Å². The van der Waals surface area contributed by atoms with Crippen LogP contribution in [0.2, 0.25) is 0 Å². The van der Waals surface area contributed by atoms with E-state index < -0.39 is 32.3 Å². The quantitative estimate of drug-likeness (QED) is 0.390. The van der Waals surface area contributed by atoms with E-state index in [9.17, 15) is 12.6 Å². The molecule has 164 valence electrons. The predicted octanol–water partition coefficient (Wildman–Crippen LogP) is 4.77. The monoisotopic (exact) mass is 456 g/mol. The normalized spacial score (nSPS) is 14.6. The van der Waals surface area contributed by atoms with Crippen molar-refractivity contribution in [2.24, 2.45) is 0 Å². The first-order valence-electron chi connectivity index (χ1n) is 10.3. The third-order valence-corrected chi connectivity index (χ3v) is 7.51. The molecule has 0 aliphatic carbocycles. The van der Waals surface area contributed by atoms with E-state index in [1.54, 1.807) is 0 Å². The van der Waals surface area contributed by atoms with Gasteiger partial charge < -0.3 is 0 Å². The van der Waals surface area contributed by atoms with Gasteiger partial charge in [-0.05, 0) is 48.9 Å². The number of benzene rings is 3. The molecule has 0 aromatic heterocycles. The average molecular weight is 457 g/mol. The molecule has 3 unspecified atom stereocenters. The Bertz CT molecular complexity index is 1050. The average Bonchev–Trinajstić information content (AvgIpc) is 2.78. The van der Waals surface area contributed by atoms with Crippen molar-refractivity contribution in [2.45, 2.75) is 41.9 Å². The fourth-order valence-corrected chi connectivity index (χ4v) is 5.91. The van der Waals surface area contributed by atoms with E-state index in [4.69, 9.17) is 4.18 Å². The van der Waals surface area contributed by atoms with Crippen molar-refractivity contribution < 1.29 is 16.8 Å². The van der Waals surface area contributed by atoms with Crippen LogP contribution in [0.25, 0.3) is 0 Å². The van der Waals surface area contributed by atoms with Crippen LogP contribution in [-0.4, -0.2) is 30.2 Å². The Balaban J connectivity index is 1.87. The van der Waals surface area contributed by atoms with Crippen LogP contribution >= 0.6 is 0 Å². The number of hydrogen-bond donors (Lipinski definition) is 0. The standard InChI is InChI=1S/C25H28O4S2/c1-31(27,28)29-24(19-17-21-11-5-2-6-12-21)25(20-18-22-13-7-3-8-14-22)30(26)23-15-9-4-10-16-23/h2-16,24-25H,17-20H2,1H3. The zero-order chi connectivity index (χ0) is 22.1. The van der Waals surface area contributed by atoms with E-state index in [2.05, 4.69) is 0 Å². The van der Waals surface area contributed by atoms with Gasteiger partial charge in [0.25, 0.3) is 10.1 Å². The third-order valence-electron chi connectivity index (χ3n) is 5.08. The molecular formula is C25H28O4S2. The van der Waals surface area contributed by atoms with Crippen LogP contribution in [0, 0.1) is 0 Å². The van der Waals surface area contributed by atoms with Gasteiger partial charge in [-0.3, -0.25) is 8.39 Å². The fourth-order valence-electron chi connectivity index (χ4n) is 3.59.